The van der Waals surface area contributed by atoms with Gasteiger partial charge in [-0.25, -0.2) is 5.48 Å². The van der Waals surface area contributed by atoms with Crippen molar-refractivity contribution in [2.45, 2.75) is 13.3 Å². The molecule has 1 aromatic rings. The molecule has 15 heavy (non-hydrogen) atoms. The van der Waals surface area contributed by atoms with Gasteiger partial charge in [0.15, 0.2) is 0 Å². The summed E-state index contributed by atoms with van der Waals surface area (Å²) in [5.41, 5.74) is 2.52. The molecule has 1 aromatic heterocycles. The van der Waals surface area contributed by atoms with Gasteiger partial charge in [0.25, 0.3) is 5.95 Å². The van der Waals surface area contributed by atoms with E-state index in [0.29, 0.717) is 11.9 Å². The summed E-state index contributed by atoms with van der Waals surface area (Å²) in [4.78, 5) is 16.7. The second-order valence-corrected chi connectivity index (χ2v) is 2.70. The molecule has 0 fully saturated rings. The fraction of sp³-hybridized carbons (Fsp3) is 0.625. The maximum absolute atomic E-state index is 4.92. The fourth-order valence-electron chi connectivity index (χ4n) is 0.901. The number of nitrogens with zero attached hydrogens (tertiary/aromatic N) is 3. The summed E-state index contributed by atoms with van der Waals surface area (Å²) in [5, 5.41) is 3.03. The molecule has 0 amide bonds. The molecule has 2 N–H and O–H groups in total. The van der Waals surface area contributed by atoms with Gasteiger partial charge in [-0.3, -0.25) is 4.84 Å². The SMILES string of the molecule is CCCNc1nc(NOC)nc(OC)n1. The van der Waals surface area contributed by atoms with E-state index in [1.165, 1.54) is 14.2 Å². The van der Waals surface area contributed by atoms with Crippen LogP contribution in [0.2, 0.25) is 0 Å². The molecule has 0 atom stereocenters. The van der Waals surface area contributed by atoms with Gasteiger partial charge in [0.1, 0.15) is 0 Å². The highest BCUT2D eigenvalue weighted by Gasteiger charge is 2.05. The molecule has 0 aliphatic carbocycles. The van der Waals surface area contributed by atoms with Crippen LogP contribution in [-0.2, 0) is 4.84 Å². The van der Waals surface area contributed by atoms with Crippen molar-refractivity contribution >= 4 is 11.9 Å². The van der Waals surface area contributed by atoms with Gasteiger partial charge in [-0.05, 0) is 6.42 Å². The third kappa shape index (κ3) is 3.55. The number of hydrogen-bond donors (Lipinski definition) is 2. The van der Waals surface area contributed by atoms with E-state index < -0.39 is 0 Å². The van der Waals surface area contributed by atoms with Crippen LogP contribution in [-0.4, -0.2) is 35.7 Å². The number of rotatable bonds is 6. The number of aromatic nitrogens is 3. The average molecular weight is 213 g/mol. The molecule has 0 bridgehead atoms. The Balaban J connectivity index is 2.79. The molecule has 84 valence electrons. The molecule has 7 nitrogen and oxygen atoms in total. The lowest BCUT2D eigenvalue weighted by Gasteiger charge is -2.07. The van der Waals surface area contributed by atoms with Gasteiger partial charge in [0.2, 0.25) is 5.95 Å². The minimum absolute atomic E-state index is 0.239. The number of ether oxygens (including phenoxy) is 1. The maximum Gasteiger partial charge on any atom is 0.322 e. The van der Waals surface area contributed by atoms with Crippen LogP contribution in [0.15, 0.2) is 0 Å². The van der Waals surface area contributed by atoms with Gasteiger partial charge >= 0.3 is 6.01 Å². The van der Waals surface area contributed by atoms with Crippen LogP contribution in [0.1, 0.15) is 13.3 Å². The van der Waals surface area contributed by atoms with Crippen LogP contribution in [0.5, 0.6) is 6.01 Å². The highest BCUT2D eigenvalue weighted by atomic mass is 16.6. The first-order valence-corrected chi connectivity index (χ1v) is 4.63. The second-order valence-electron chi connectivity index (χ2n) is 2.70. The Morgan fingerprint density at radius 3 is 2.47 bits per heavy atom. The lowest BCUT2D eigenvalue weighted by Crippen LogP contribution is -2.10. The van der Waals surface area contributed by atoms with Crippen LogP contribution in [0.25, 0.3) is 0 Å². The summed E-state index contributed by atoms with van der Waals surface area (Å²) in [7, 11) is 2.98. The first kappa shape index (κ1) is 11.4. The van der Waals surface area contributed by atoms with Crippen molar-refractivity contribution < 1.29 is 9.57 Å². The normalized spacial score (nSPS) is 9.80. The highest BCUT2D eigenvalue weighted by Crippen LogP contribution is 2.10. The van der Waals surface area contributed by atoms with Gasteiger partial charge < -0.3 is 10.1 Å². The van der Waals surface area contributed by atoms with E-state index in [2.05, 4.69) is 32.7 Å². The van der Waals surface area contributed by atoms with Crippen LogP contribution in [0.3, 0.4) is 0 Å². The van der Waals surface area contributed by atoms with Crippen molar-refractivity contribution in [3.63, 3.8) is 0 Å². The van der Waals surface area contributed by atoms with E-state index in [0.717, 1.165) is 13.0 Å². The topological polar surface area (TPSA) is 81.2 Å². The molecule has 0 spiro atoms. The third-order valence-corrected chi connectivity index (χ3v) is 1.52. The molecular formula is C8H15N5O2. The van der Waals surface area contributed by atoms with Crippen molar-refractivity contribution in [1.29, 1.82) is 0 Å². The van der Waals surface area contributed by atoms with Crippen molar-refractivity contribution in [3.8, 4) is 6.01 Å². The standard InChI is InChI=1S/C8H15N5O2/c1-4-5-9-6-10-7(13-15-3)12-8(11-6)14-2/h4-5H2,1-3H3,(H2,9,10,11,12,13). The first-order valence-electron chi connectivity index (χ1n) is 4.63. The van der Waals surface area contributed by atoms with E-state index >= 15 is 0 Å². The molecule has 0 unspecified atom stereocenters. The number of nitrogens with one attached hydrogen (secondary N) is 2. The summed E-state index contributed by atoms with van der Waals surface area (Å²) in [6.07, 6.45) is 0.987. The van der Waals surface area contributed by atoms with E-state index in [1.807, 2.05) is 0 Å². The third-order valence-electron chi connectivity index (χ3n) is 1.52. The minimum atomic E-state index is 0.239. The monoisotopic (exact) mass is 213 g/mol. The van der Waals surface area contributed by atoms with E-state index in [4.69, 9.17) is 9.57 Å². The van der Waals surface area contributed by atoms with E-state index in [9.17, 15) is 0 Å². The summed E-state index contributed by atoms with van der Waals surface area (Å²) in [6, 6.07) is 0.239. The average Bonchev–Trinajstić information content (AvgIpc) is 2.26. The number of methoxy groups -OCH3 is 1. The maximum atomic E-state index is 4.92. The summed E-state index contributed by atoms with van der Waals surface area (Å²) < 4.78 is 4.92. The van der Waals surface area contributed by atoms with Gasteiger partial charge in [-0.2, -0.15) is 15.0 Å². The van der Waals surface area contributed by atoms with Crippen molar-refractivity contribution in [2.24, 2.45) is 0 Å². The predicted molar refractivity (Wildman–Crippen MR) is 55.8 cm³/mol. The lowest BCUT2D eigenvalue weighted by molar-refractivity contribution is 0.265. The quantitative estimate of drug-likeness (QED) is 0.672. The number of anilines is 2. The van der Waals surface area contributed by atoms with Crippen LogP contribution < -0.4 is 15.5 Å². The molecule has 0 radical (unpaired) electrons. The Kier molecular flexibility index (Phi) is 4.55. The van der Waals surface area contributed by atoms with Gasteiger partial charge in [-0.15, -0.1) is 0 Å². The van der Waals surface area contributed by atoms with Crippen molar-refractivity contribution in [2.75, 3.05) is 31.6 Å². The predicted octanol–water partition coefficient (Wildman–Crippen LogP) is 0.675. The Hall–Kier alpha value is -1.63. The van der Waals surface area contributed by atoms with Gasteiger partial charge in [-0.1, -0.05) is 6.92 Å². The van der Waals surface area contributed by atoms with Crippen LogP contribution in [0, 0.1) is 0 Å². The van der Waals surface area contributed by atoms with E-state index in [-0.39, 0.29) is 6.01 Å². The van der Waals surface area contributed by atoms with Crippen molar-refractivity contribution in [1.82, 2.24) is 15.0 Å². The molecule has 1 rings (SSSR count). The molecule has 0 aromatic carbocycles. The zero-order chi connectivity index (χ0) is 11.1. The zero-order valence-corrected chi connectivity index (χ0v) is 9.07. The molecule has 1 heterocycles. The summed E-state index contributed by atoms with van der Waals surface area (Å²) >= 11 is 0. The summed E-state index contributed by atoms with van der Waals surface area (Å²) in [5.74, 6) is 0.770. The smallest absolute Gasteiger partial charge is 0.322 e. The molecule has 0 aliphatic rings. The van der Waals surface area contributed by atoms with Gasteiger partial charge in [0.05, 0.1) is 14.2 Å². The van der Waals surface area contributed by atoms with E-state index in [1.54, 1.807) is 0 Å². The zero-order valence-electron chi connectivity index (χ0n) is 9.07. The highest BCUT2D eigenvalue weighted by molar-refractivity contribution is 5.34. The molecule has 0 saturated heterocycles. The number of hydrogen-bond acceptors (Lipinski definition) is 7. The largest absolute Gasteiger partial charge is 0.467 e. The fourth-order valence-corrected chi connectivity index (χ4v) is 0.901. The van der Waals surface area contributed by atoms with Crippen molar-refractivity contribution in [3.05, 3.63) is 0 Å². The Bertz CT molecular complexity index is 307. The second kappa shape index (κ2) is 5.97. The van der Waals surface area contributed by atoms with Crippen LogP contribution in [0.4, 0.5) is 11.9 Å². The Labute approximate surface area is 88.2 Å². The first-order chi connectivity index (χ1) is 7.30. The minimum Gasteiger partial charge on any atom is -0.467 e. The Morgan fingerprint density at radius 1 is 1.13 bits per heavy atom. The molecule has 7 heteroatoms. The molecular weight excluding hydrogens is 198 g/mol. The Morgan fingerprint density at radius 2 is 1.87 bits per heavy atom. The summed E-state index contributed by atoms with van der Waals surface area (Å²) in [6.45, 7) is 2.85. The molecule has 0 aliphatic heterocycles. The van der Waals surface area contributed by atoms with Gasteiger partial charge in [0, 0.05) is 6.54 Å². The van der Waals surface area contributed by atoms with Crippen LogP contribution >= 0.6 is 0 Å². The lowest BCUT2D eigenvalue weighted by atomic mass is 10.5. The molecule has 0 saturated carbocycles.